The maximum Gasteiger partial charge on any atom is 0.339 e. The van der Waals surface area contributed by atoms with Gasteiger partial charge >= 0.3 is 5.95 Å². The highest BCUT2D eigenvalue weighted by atomic mass is 16.6. The van der Waals surface area contributed by atoms with Crippen LogP contribution in [0.2, 0.25) is 0 Å². The lowest BCUT2D eigenvalue weighted by molar-refractivity contribution is 0.262. The standard InChI is InChI=1S/C17H15N3O2/c1-12-8-10-14(11-9-12)18-19-16-15(20-22-17(16)21-2)13-6-4-3-5-7-13/h3-11H,1-2H3. The number of hydrogen-bond acceptors (Lipinski definition) is 5. The average Bonchev–Trinajstić information content (AvgIpc) is 2.98. The Labute approximate surface area is 128 Å². The monoisotopic (exact) mass is 293 g/mol. The summed E-state index contributed by atoms with van der Waals surface area (Å²) in [6, 6.07) is 17.4. The van der Waals surface area contributed by atoms with Crippen LogP contribution < -0.4 is 4.74 Å². The molecular weight excluding hydrogens is 278 g/mol. The number of nitrogens with zero attached hydrogens (tertiary/aromatic N) is 3. The van der Waals surface area contributed by atoms with Gasteiger partial charge < -0.3 is 9.26 Å². The number of hydrogen-bond donors (Lipinski definition) is 0. The van der Waals surface area contributed by atoms with E-state index in [1.165, 1.54) is 12.7 Å². The maximum atomic E-state index is 5.18. The van der Waals surface area contributed by atoms with Crippen molar-refractivity contribution >= 4 is 11.4 Å². The Balaban J connectivity index is 1.98. The Morgan fingerprint density at radius 2 is 1.68 bits per heavy atom. The van der Waals surface area contributed by atoms with E-state index in [9.17, 15) is 0 Å². The highest BCUT2D eigenvalue weighted by molar-refractivity contribution is 5.74. The molecule has 3 rings (SSSR count). The molecule has 2 aromatic carbocycles. The highest BCUT2D eigenvalue weighted by Crippen LogP contribution is 2.38. The van der Waals surface area contributed by atoms with Crippen LogP contribution in [0.5, 0.6) is 5.95 Å². The Bertz CT molecular complexity index is 777. The summed E-state index contributed by atoms with van der Waals surface area (Å²) < 4.78 is 10.4. The van der Waals surface area contributed by atoms with E-state index in [0.29, 0.717) is 11.4 Å². The minimum Gasteiger partial charge on any atom is -0.465 e. The van der Waals surface area contributed by atoms with Gasteiger partial charge in [-0.2, -0.15) is 5.11 Å². The number of ether oxygens (including phenoxy) is 1. The van der Waals surface area contributed by atoms with Crippen LogP contribution in [0.4, 0.5) is 11.4 Å². The van der Waals surface area contributed by atoms with Gasteiger partial charge in [-0.15, -0.1) is 5.11 Å². The number of azo groups is 1. The highest BCUT2D eigenvalue weighted by Gasteiger charge is 2.18. The predicted octanol–water partition coefficient (Wildman–Crippen LogP) is 5.07. The number of aromatic nitrogens is 1. The smallest absolute Gasteiger partial charge is 0.339 e. The molecule has 22 heavy (non-hydrogen) atoms. The molecule has 110 valence electrons. The molecule has 0 saturated carbocycles. The number of rotatable bonds is 4. The number of methoxy groups -OCH3 is 1. The van der Waals surface area contributed by atoms with Gasteiger partial charge in [0, 0.05) is 5.56 Å². The molecule has 0 spiro atoms. The van der Waals surface area contributed by atoms with E-state index in [4.69, 9.17) is 9.26 Å². The molecule has 0 amide bonds. The zero-order chi connectivity index (χ0) is 15.4. The largest absolute Gasteiger partial charge is 0.465 e. The summed E-state index contributed by atoms with van der Waals surface area (Å²) in [6.45, 7) is 2.03. The minimum atomic E-state index is 0.245. The topological polar surface area (TPSA) is 60.0 Å². The molecule has 0 N–H and O–H groups in total. The van der Waals surface area contributed by atoms with Crippen molar-refractivity contribution in [3.63, 3.8) is 0 Å². The Kier molecular flexibility index (Phi) is 3.96. The summed E-state index contributed by atoms with van der Waals surface area (Å²) in [5, 5.41) is 12.5. The van der Waals surface area contributed by atoms with Gasteiger partial charge in [0.15, 0.2) is 5.69 Å². The molecule has 1 aromatic heterocycles. The van der Waals surface area contributed by atoms with Crippen LogP contribution in [-0.4, -0.2) is 12.3 Å². The predicted molar refractivity (Wildman–Crippen MR) is 83.8 cm³/mol. The summed E-state index contributed by atoms with van der Waals surface area (Å²) in [6.07, 6.45) is 0. The van der Waals surface area contributed by atoms with Gasteiger partial charge in [-0.1, -0.05) is 53.2 Å². The van der Waals surface area contributed by atoms with E-state index < -0.39 is 0 Å². The van der Waals surface area contributed by atoms with E-state index in [-0.39, 0.29) is 5.95 Å². The third-order valence-corrected chi connectivity index (χ3v) is 3.17. The molecule has 0 unspecified atom stereocenters. The van der Waals surface area contributed by atoms with E-state index >= 15 is 0 Å². The molecule has 3 aromatic rings. The second-order valence-electron chi connectivity index (χ2n) is 4.77. The fraction of sp³-hybridized carbons (Fsp3) is 0.118. The molecular formula is C17H15N3O2. The van der Waals surface area contributed by atoms with Crippen LogP contribution >= 0.6 is 0 Å². The van der Waals surface area contributed by atoms with Crippen molar-refractivity contribution in [3.8, 4) is 17.2 Å². The summed E-state index contributed by atoms with van der Waals surface area (Å²) in [7, 11) is 1.51. The molecule has 0 saturated heterocycles. The third kappa shape index (κ3) is 2.88. The second kappa shape index (κ2) is 6.22. The van der Waals surface area contributed by atoms with E-state index in [1.54, 1.807) is 0 Å². The molecule has 0 aliphatic rings. The Hall–Kier alpha value is -2.95. The van der Waals surface area contributed by atoms with Crippen LogP contribution in [0.15, 0.2) is 69.3 Å². The summed E-state index contributed by atoms with van der Waals surface area (Å²) in [5.41, 5.74) is 3.91. The summed E-state index contributed by atoms with van der Waals surface area (Å²) in [4.78, 5) is 0. The van der Waals surface area contributed by atoms with Crippen molar-refractivity contribution in [2.24, 2.45) is 10.2 Å². The molecule has 5 heteroatoms. The van der Waals surface area contributed by atoms with Gasteiger partial charge in [-0.05, 0) is 19.1 Å². The van der Waals surface area contributed by atoms with Crippen molar-refractivity contribution in [1.82, 2.24) is 5.16 Å². The SMILES string of the molecule is COc1onc(-c2ccccc2)c1N=Nc1ccc(C)cc1. The first-order valence-electron chi connectivity index (χ1n) is 6.85. The lowest BCUT2D eigenvalue weighted by atomic mass is 10.1. The van der Waals surface area contributed by atoms with Crippen LogP contribution in [0, 0.1) is 6.92 Å². The quantitative estimate of drug-likeness (QED) is 0.630. The Morgan fingerprint density at radius 1 is 0.955 bits per heavy atom. The number of aryl methyl sites for hydroxylation is 1. The Morgan fingerprint density at radius 3 is 2.36 bits per heavy atom. The van der Waals surface area contributed by atoms with Gasteiger partial charge in [0.1, 0.15) is 5.69 Å². The summed E-state index contributed by atoms with van der Waals surface area (Å²) in [5.74, 6) is 0.245. The first-order valence-corrected chi connectivity index (χ1v) is 6.85. The van der Waals surface area contributed by atoms with Crippen molar-refractivity contribution in [2.45, 2.75) is 6.92 Å². The summed E-state index contributed by atoms with van der Waals surface area (Å²) >= 11 is 0. The third-order valence-electron chi connectivity index (χ3n) is 3.17. The van der Waals surface area contributed by atoms with Crippen LogP contribution in [0.1, 0.15) is 5.56 Å². The normalized spacial score (nSPS) is 11.0. The lowest BCUT2D eigenvalue weighted by Crippen LogP contribution is -1.80. The number of benzene rings is 2. The molecule has 1 heterocycles. The minimum absolute atomic E-state index is 0.245. The molecule has 0 fully saturated rings. The molecule has 5 nitrogen and oxygen atoms in total. The first-order chi connectivity index (χ1) is 10.8. The fourth-order valence-electron chi connectivity index (χ4n) is 2.00. The average molecular weight is 293 g/mol. The second-order valence-corrected chi connectivity index (χ2v) is 4.77. The molecule has 0 aliphatic heterocycles. The first kappa shape index (κ1) is 14.0. The van der Waals surface area contributed by atoms with Gasteiger partial charge in [0.25, 0.3) is 0 Å². The van der Waals surface area contributed by atoms with Crippen molar-refractivity contribution in [1.29, 1.82) is 0 Å². The fourth-order valence-corrected chi connectivity index (χ4v) is 2.00. The molecule has 0 atom stereocenters. The van der Waals surface area contributed by atoms with Gasteiger partial charge in [0.2, 0.25) is 0 Å². The van der Waals surface area contributed by atoms with Crippen LogP contribution in [-0.2, 0) is 0 Å². The zero-order valence-electron chi connectivity index (χ0n) is 12.4. The van der Waals surface area contributed by atoms with Crippen LogP contribution in [0.25, 0.3) is 11.3 Å². The van der Waals surface area contributed by atoms with Gasteiger partial charge in [-0.25, -0.2) is 0 Å². The lowest BCUT2D eigenvalue weighted by Gasteiger charge is -1.98. The van der Waals surface area contributed by atoms with Gasteiger partial charge in [-0.3, -0.25) is 0 Å². The van der Waals surface area contributed by atoms with Crippen molar-refractivity contribution in [2.75, 3.05) is 7.11 Å². The van der Waals surface area contributed by atoms with Crippen molar-refractivity contribution < 1.29 is 9.26 Å². The van der Waals surface area contributed by atoms with Gasteiger partial charge in [0.05, 0.1) is 12.8 Å². The maximum absolute atomic E-state index is 5.18. The molecule has 0 radical (unpaired) electrons. The molecule has 0 bridgehead atoms. The van der Waals surface area contributed by atoms with E-state index in [2.05, 4.69) is 15.4 Å². The van der Waals surface area contributed by atoms with Crippen LogP contribution in [0.3, 0.4) is 0 Å². The van der Waals surface area contributed by atoms with E-state index in [0.717, 1.165) is 11.3 Å². The molecule has 0 aliphatic carbocycles. The van der Waals surface area contributed by atoms with Crippen molar-refractivity contribution in [3.05, 3.63) is 60.2 Å². The zero-order valence-corrected chi connectivity index (χ0v) is 12.4. The van der Waals surface area contributed by atoms with E-state index in [1.807, 2.05) is 61.5 Å².